The summed E-state index contributed by atoms with van der Waals surface area (Å²) in [6.45, 7) is 0. The Labute approximate surface area is 133 Å². The van der Waals surface area contributed by atoms with Gasteiger partial charge in [0.15, 0.2) is 0 Å². The normalized spacial score (nSPS) is 11.8. The lowest BCUT2D eigenvalue weighted by molar-refractivity contribution is 0.0952. The number of thiazole rings is 1. The molecule has 5 nitrogen and oxygen atoms in total. The number of aryl methyl sites for hydroxylation is 1. The number of nitrogens with one attached hydrogen (secondary N) is 1. The maximum Gasteiger partial charge on any atom is 0.273 e. The van der Waals surface area contributed by atoms with Crippen LogP contribution in [0.3, 0.4) is 0 Å². The molecule has 1 aromatic carbocycles. The van der Waals surface area contributed by atoms with Crippen molar-refractivity contribution < 1.29 is 4.79 Å². The van der Waals surface area contributed by atoms with E-state index in [0.717, 1.165) is 19.5 Å². The van der Waals surface area contributed by atoms with Crippen LogP contribution < -0.4 is 10.2 Å². The first-order valence-corrected chi connectivity index (χ1v) is 7.75. The zero-order chi connectivity index (χ0) is 14.8. The highest BCUT2D eigenvalue weighted by Crippen LogP contribution is 2.15. The molecule has 0 aliphatic carbocycles. The van der Waals surface area contributed by atoms with Crippen LogP contribution in [0, 0.1) is 0 Å². The smallest absolute Gasteiger partial charge is 0.273 e. The third-order valence-corrected chi connectivity index (χ3v) is 4.48. The number of pyridine rings is 1. The first-order chi connectivity index (χ1) is 10.1. The average Bonchev–Trinajstić information content (AvgIpc) is 2.82. The van der Waals surface area contributed by atoms with Crippen molar-refractivity contribution in [3.8, 4) is 0 Å². The van der Waals surface area contributed by atoms with Crippen molar-refractivity contribution in [3.05, 3.63) is 57.6 Å². The number of benzene rings is 1. The second-order valence-electron chi connectivity index (χ2n) is 4.36. The number of fused-ring (bicyclic) bond motifs is 1. The molecule has 0 saturated heterocycles. The molecule has 7 heteroatoms. The Kier molecular flexibility index (Phi) is 3.85. The van der Waals surface area contributed by atoms with Gasteiger partial charge in [-0.15, -0.1) is 5.10 Å². The van der Waals surface area contributed by atoms with Gasteiger partial charge in [-0.05, 0) is 34.1 Å². The van der Waals surface area contributed by atoms with Crippen LogP contribution in [-0.4, -0.2) is 15.5 Å². The zero-order valence-electron chi connectivity index (χ0n) is 11.1. The molecular formula is C14H11BrN4OS. The zero-order valence-corrected chi connectivity index (χ0v) is 13.5. The van der Waals surface area contributed by atoms with Crippen LogP contribution in [0.25, 0.3) is 10.2 Å². The quantitative estimate of drug-likeness (QED) is 0.712. The van der Waals surface area contributed by atoms with Crippen molar-refractivity contribution in [2.75, 3.05) is 0 Å². The molecule has 0 unspecified atom stereocenters. The summed E-state index contributed by atoms with van der Waals surface area (Å²) in [5.74, 6) is -0.291. The van der Waals surface area contributed by atoms with Crippen LogP contribution in [0.1, 0.15) is 10.4 Å². The first-order valence-electron chi connectivity index (χ1n) is 6.14. The van der Waals surface area contributed by atoms with Crippen molar-refractivity contribution in [1.82, 2.24) is 15.0 Å². The number of para-hydroxylation sites is 1. The van der Waals surface area contributed by atoms with E-state index in [4.69, 9.17) is 0 Å². The van der Waals surface area contributed by atoms with E-state index in [9.17, 15) is 4.79 Å². The van der Waals surface area contributed by atoms with Gasteiger partial charge < -0.3 is 4.57 Å². The van der Waals surface area contributed by atoms with Gasteiger partial charge in [0.1, 0.15) is 0 Å². The van der Waals surface area contributed by atoms with Gasteiger partial charge in [0.25, 0.3) is 5.91 Å². The van der Waals surface area contributed by atoms with Crippen molar-refractivity contribution in [1.29, 1.82) is 0 Å². The lowest BCUT2D eigenvalue weighted by atomic mass is 10.3. The minimum Gasteiger partial charge on any atom is -0.318 e. The van der Waals surface area contributed by atoms with Crippen LogP contribution >= 0.6 is 27.3 Å². The predicted octanol–water partition coefficient (Wildman–Crippen LogP) is 2.64. The van der Waals surface area contributed by atoms with Crippen molar-refractivity contribution >= 4 is 43.4 Å². The van der Waals surface area contributed by atoms with E-state index in [1.165, 1.54) is 17.5 Å². The number of carbonyl (C=O) groups is 1. The van der Waals surface area contributed by atoms with E-state index in [0.29, 0.717) is 5.56 Å². The van der Waals surface area contributed by atoms with Gasteiger partial charge in [0.2, 0.25) is 4.80 Å². The van der Waals surface area contributed by atoms with E-state index >= 15 is 0 Å². The fraction of sp³-hybridized carbons (Fsp3) is 0.0714. The van der Waals surface area contributed by atoms with E-state index in [2.05, 4.69) is 31.4 Å². The molecule has 0 saturated carbocycles. The third-order valence-electron chi connectivity index (χ3n) is 2.93. The molecule has 0 atom stereocenters. The lowest BCUT2D eigenvalue weighted by Gasteiger charge is -1.99. The van der Waals surface area contributed by atoms with Crippen LogP contribution in [0.2, 0.25) is 0 Å². The monoisotopic (exact) mass is 362 g/mol. The van der Waals surface area contributed by atoms with Gasteiger partial charge in [-0.1, -0.05) is 23.5 Å². The molecular weight excluding hydrogens is 352 g/mol. The van der Waals surface area contributed by atoms with Crippen molar-refractivity contribution in [3.63, 3.8) is 0 Å². The lowest BCUT2D eigenvalue weighted by Crippen LogP contribution is -2.23. The Morgan fingerprint density at radius 3 is 2.95 bits per heavy atom. The Morgan fingerprint density at radius 2 is 2.19 bits per heavy atom. The summed E-state index contributed by atoms with van der Waals surface area (Å²) in [7, 11) is 1.92. The number of halogens is 1. The van der Waals surface area contributed by atoms with Gasteiger partial charge in [0, 0.05) is 23.9 Å². The predicted molar refractivity (Wildman–Crippen MR) is 85.8 cm³/mol. The Morgan fingerprint density at radius 1 is 1.38 bits per heavy atom. The highest BCUT2D eigenvalue weighted by atomic mass is 79.9. The molecule has 0 radical (unpaired) electrons. The van der Waals surface area contributed by atoms with Gasteiger partial charge >= 0.3 is 0 Å². The molecule has 1 amide bonds. The number of amides is 1. The number of hydrogen-bond donors (Lipinski definition) is 1. The highest BCUT2D eigenvalue weighted by molar-refractivity contribution is 9.10. The molecule has 0 aliphatic heterocycles. The topological polar surface area (TPSA) is 59.3 Å². The van der Waals surface area contributed by atoms with Gasteiger partial charge in [-0.25, -0.2) is 5.43 Å². The summed E-state index contributed by atoms with van der Waals surface area (Å²) in [5.41, 5.74) is 4.10. The molecule has 0 bridgehead atoms. The Hall–Kier alpha value is -1.99. The van der Waals surface area contributed by atoms with Crippen LogP contribution in [0.4, 0.5) is 0 Å². The van der Waals surface area contributed by atoms with Gasteiger partial charge in [-0.3, -0.25) is 9.78 Å². The molecule has 2 aromatic heterocycles. The van der Waals surface area contributed by atoms with E-state index < -0.39 is 0 Å². The minimum absolute atomic E-state index is 0.291. The fourth-order valence-electron chi connectivity index (χ4n) is 1.89. The van der Waals surface area contributed by atoms with E-state index in [1.807, 2.05) is 35.9 Å². The Bertz CT molecular complexity index is 884. The summed E-state index contributed by atoms with van der Waals surface area (Å²) in [5, 5.41) is 4.19. The second-order valence-corrected chi connectivity index (χ2v) is 6.28. The molecule has 21 heavy (non-hydrogen) atoms. The Balaban J connectivity index is 1.91. The number of carbonyl (C=O) groups excluding carboxylic acids is 1. The van der Waals surface area contributed by atoms with Crippen LogP contribution in [0.5, 0.6) is 0 Å². The molecule has 0 aliphatic rings. The van der Waals surface area contributed by atoms with Gasteiger partial charge in [-0.2, -0.15) is 0 Å². The highest BCUT2D eigenvalue weighted by Gasteiger charge is 2.06. The first kappa shape index (κ1) is 14.0. The number of hydrogen-bond acceptors (Lipinski definition) is 4. The molecule has 106 valence electrons. The molecule has 1 N–H and O–H groups in total. The SMILES string of the molecule is Cn1/c(=N\NC(=O)c2cncc(Br)c2)sc2ccccc21. The minimum atomic E-state index is -0.291. The van der Waals surface area contributed by atoms with Crippen molar-refractivity contribution in [2.45, 2.75) is 0 Å². The summed E-state index contributed by atoms with van der Waals surface area (Å²) in [6, 6.07) is 9.70. The fourth-order valence-corrected chi connectivity index (χ4v) is 3.23. The summed E-state index contributed by atoms with van der Waals surface area (Å²) in [4.78, 5) is 16.7. The van der Waals surface area contributed by atoms with Crippen LogP contribution in [0.15, 0.2) is 52.3 Å². The molecule has 3 rings (SSSR count). The summed E-state index contributed by atoms with van der Waals surface area (Å²) >= 11 is 4.81. The second kappa shape index (κ2) is 5.79. The molecule has 3 aromatic rings. The molecule has 0 fully saturated rings. The number of aromatic nitrogens is 2. The van der Waals surface area contributed by atoms with E-state index in [-0.39, 0.29) is 5.91 Å². The largest absolute Gasteiger partial charge is 0.318 e. The number of rotatable bonds is 2. The maximum atomic E-state index is 12.0. The standard InChI is InChI=1S/C14H11BrN4OS/c1-19-11-4-2-3-5-12(11)21-14(19)18-17-13(20)9-6-10(15)8-16-7-9/h2-8H,1H3,(H,17,20)/b18-14+. The average molecular weight is 363 g/mol. The third kappa shape index (κ3) is 2.88. The summed E-state index contributed by atoms with van der Waals surface area (Å²) in [6.07, 6.45) is 3.13. The maximum absolute atomic E-state index is 12.0. The van der Waals surface area contributed by atoms with Gasteiger partial charge in [0.05, 0.1) is 15.8 Å². The molecule has 0 spiro atoms. The number of nitrogens with zero attached hydrogens (tertiary/aromatic N) is 3. The van der Waals surface area contributed by atoms with Crippen LogP contribution in [-0.2, 0) is 7.05 Å². The summed E-state index contributed by atoms with van der Waals surface area (Å²) < 4.78 is 3.82. The van der Waals surface area contributed by atoms with Crippen molar-refractivity contribution in [2.24, 2.45) is 12.1 Å². The van der Waals surface area contributed by atoms with E-state index in [1.54, 1.807) is 12.3 Å². The molecule has 2 heterocycles.